The van der Waals surface area contributed by atoms with Gasteiger partial charge in [0.2, 0.25) is 0 Å². The molecule has 1 unspecified atom stereocenters. The maximum Gasteiger partial charge on any atom is 0.176 e. The Balaban J connectivity index is 1.57. The smallest absolute Gasteiger partial charge is 0.176 e. The highest BCUT2D eigenvalue weighted by molar-refractivity contribution is 8.00. The average molecular weight is 344 g/mol. The molecule has 0 saturated heterocycles. The average Bonchev–Trinajstić information content (AvgIpc) is 3.04. The Morgan fingerprint density at radius 2 is 2.26 bits per heavy atom. The number of nitrogens with zero attached hydrogens (tertiary/aromatic N) is 3. The first-order chi connectivity index (χ1) is 11.3. The van der Waals surface area contributed by atoms with Gasteiger partial charge in [0, 0.05) is 12.5 Å². The second-order valence-electron chi connectivity index (χ2n) is 5.31. The van der Waals surface area contributed by atoms with Gasteiger partial charge in [-0.15, -0.1) is 11.3 Å². The molecule has 0 spiro atoms. The van der Waals surface area contributed by atoms with Gasteiger partial charge >= 0.3 is 0 Å². The van der Waals surface area contributed by atoms with Gasteiger partial charge in [0.15, 0.2) is 9.99 Å². The molecule has 0 aliphatic carbocycles. The van der Waals surface area contributed by atoms with E-state index < -0.39 is 0 Å². The van der Waals surface area contributed by atoms with Gasteiger partial charge in [-0.1, -0.05) is 30.0 Å². The number of para-hydroxylation sites is 1. The Labute approximate surface area is 142 Å². The molecule has 2 aromatic heterocycles. The van der Waals surface area contributed by atoms with Crippen LogP contribution in [0.25, 0.3) is 10.3 Å². The Hall–Kier alpha value is -1.86. The first kappa shape index (κ1) is 14.7. The van der Waals surface area contributed by atoms with Crippen molar-refractivity contribution < 1.29 is 4.74 Å². The van der Waals surface area contributed by atoms with Crippen molar-refractivity contribution in [3.8, 4) is 5.75 Å². The Kier molecular flexibility index (Phi) is 4.05. The topological polar surface area (TPSA) is 59.9 Å². The number of anilines is 1. The predicted molar refractivity (Wildman–Crippen MR) is 94.8 cm³/mol. The first-order valence-electron chi connectivity index (χ1n) is 7.46. The van der Waals surface area contributed by atoms with Gasteiger partial charge in [0.25, 0.3) is 0 Å². The summed E-state index contributed by atoms with van der Waals surface area (Å²) in [5, 5.41) is 3.49. The third-order valence-electron chi connectivity index (χ3n) is 3.94. The molecule has 0 amide bonds. The van der Waals surface area contributed by atoms with Crippen LogP contribution in [-0.4, -0.2) is 34.4 Å². The number of fused-ring (bicyclic) bond motifs is 2. The fourth-order valence-corrected chi connectivity index (χ4v) is 4.27. The molecule has 1 N–H and O–H groups in total. The second-order valence-corrected chi connectivity index (χ2v) is 7.36. The normalized spacial score (nSPS) is 16.8. The molecule has 0 fully saturated rings. The molecule has 1 aromatic carbocycles. The highest BCUT2D eigenvalue weighted by Crippen LogP contribution is 2.35. The summed E-state index contributed by atoms with van der Waals surface area (Å²) in [6.45, 7) is 1.60. The van der Waals surface area contributed by atoms with E-state index in [1.54, 1.807) is 29.4 Å². The number of hydrogen-bond donors (Lipinski definition) is 1. The van der Waals surface area contributed by atoms with E-state index in [2.05, 4.69) is 32.4 Å². The lowest BCUT2D eigenvalue weighted by Gasteiger charge is -2.26. The lowest BCUT2D eigenvalue weighted by Crippen LogP contribution is -2.21. The van der Waals surface area contributed by atoms with E-state index in [-0.39, 0.29) is 0 Å². The molecule has 7 heteroatoms. The number of thioether (sulfide) groups is 1. The molecular weight excluding hydrogens is 328 g/mol. The summed E-state index contributed by atoms with van der Waals surface area (Å²) in [4.78, 5) is 13.2. The van der Waals surface area contributed by atoms with Crippen molar-refractivity contribution in [2.75, 3.05) is 24.7 Å². The van der Waals surface area contributed by atoms with Gasteiger partial charge in [-0.05, 0) is 24.3 Å². The molecular formula is C16H16N4OS2. The van der Waals surface area contributed by atoms with Crippen LogP contribution in [0.4, 0.5) is 5.82 Å². The highest BCUT2D eigenvalue weighted by Gasteiger charge is 2.21. The largest absolute Gasteiger partial charge is 0.493 e. The third-order valence-corrected chi connectivity index (χ3v) is 5.98. The first-order valence-corrected chi connectivity index (χ1v) is 9.50. The zero-order chi connectivity index (χ0) is 15.6. The van der Waals surface area contributed by atoms with Crippen molar-refractivity contribution in [2.45, 2.75) is 16.7 Å². The van der Waals surface area contributed by atoms with Crippen molar-refractivity contribution in [3.63, 3.8) is 0 Å². The summed E-state index contributed by atoms with van der Waals surface area (Å²) in [6, 6.07) is 8.27. The number of aromatic nitrogens is 3. The lowest BCUT2D eigenvalue weighted by atomic mass is 9.93. The number of thiazole rings is 1. The van der Waals surface area contributed by atoms with Crippen LogP contribution in [0, 0.1) is 0 Å². The molecule has 3 aromatic rings. The SMILES string of the molecule is CSc1nc2ncnc(NCC3CCOc4ccccc43)c2s1. The van der Waals surface area contributed by atoms with E-state index in [0.717, 1.165) is 45.8 Å². The molecule has 0 saturated carbocycles. The number of hydrogen-bond acceptors (Lipinski definition) is 7. The number of benzene rings is 1. The fourth-order valence-electron chi connectivity index (χ4n) is 2.80. The van der Waals surface area contributed by atoms with Crippen LogP contribution in [0.1, 0.15) is 17.9 Å². The molecule has 1 atom stereocenters. The summed E-state index contributed by atoms with van der Waals surface area (Å²) in [6.07, 6.45) is 4.61. The molecule has 0 radical (unpaired) electrons. The Morgan fingerprint density at radius 1 is 1.35 bits per heavy atom. The number of rotatable bonds is 4. The summed E-state index contributed by atoms with van der Waals surface area (Å²) < 4.78 is 7.77. The second kappa shape index (κ2) is 6.33. The summed E-state index contributed by atoms with van der Waals surface area (Å²) in [5.41, 5.74) is 2.04. The van der Waals surface area contributed by atoms with Gasteiger partial charge in [-0.25, -0.2) is 15.0 Å². The summed E-state index contributed by atoms with van der Waals surface area (Å²) in [5.74, 6) is 2.30. The van der Waals surface area contributed by atoms with Gasteiger partial charge in [0.05, 0.1) is 6.61 Å². The quantitative estimate of drug-likeness (QED) is 0.727. The van der Waals surface area contributed by atoms with Crippen LogP contribution < -0.4 is 10.1 Å². The molecule has 118 valence electrons. The van der Waals surface area contributed by atoms with E-state index in [4.69, 9.17) is 4.74 Å². The number of nitrogens with one attached hydrogen (secondary N) is 1. The lowest BCUT2D eigenvalue weighted by molar-refractivity contribution is 0.270. The van der Waals surface area contributed by atoms with E-state index in [9.17, 15) is 0 Å². The van der Waals surface area contributed by atoms with Crippen LogP contribution >= 0.6 is 23.1 Å². The third kappa shape index (κ3) is 2.86. The molecule has 23 heavy (non-hydrogen) atoms. The summed E-state index contributed by atoms with van der Waals surface area (Å²) in [7, 11) is 0. The maximum atomic E-state index is 5.73. The zero-order valence-corrected chi connectivity index (χ0v) is 14.3. The van der Waals surface area contributed by atoms with Crippen molar-refractivity contribution in [1.82, 2.24) is 15.0 Å². The fraction of sp³-hybridized carbons (Fsp3) is 0.312. The van der Waals surface area contributed by atoms with Crippen molar-refractivity contribution in [1.29, 1.82) is 0 Å². The van der Waals surface area contributed by atoms with E-state index in [1.807, 2.05) is 18.4 Å². The number of ether oxygens (including phenoxy) is 1. The van der Waals surface area contributed by atoms with Crippen molar-refractivity contribution >= 4 is 39.3 Å². The van der Waals surface area contributed by atoms with Crippen molar-refractivity contribution in [3.05, 3.63) is 36.2 Å². The van der Waals surface area contributed by atoms with Gasteiger partial charge in [0.1, 0.15) is 22.6 Å². The van der Waals surface area contributed by atoms with Gasteiger partial charge in [-0.3, -0.25) is 0 Å². The van der Waals surface area contributed by atoms with E-state index >= 15 is 0 Å². The van der Waals surface area contributed by atoms with E-state index in [0.29, 0.717) is 5.92 Å². The molecule has 0 bridgehead atoms. The van der Waals surface area contributed by atoms with Crippen LogP contribution in [0.5, 0.6) is 5.75 Å². The van der Waals surface area contributed by atoms with Gasteiger partial charge in [-0.2, -0.15) is 0 Å². The monoisotopic (exact) mass is 344 g/mol. The van der Waals surface area contributed by atoms with Gasteiger partial charge < -0.3 is 10.1 Å². The molecule has 5 nitrogen and oxygen atoms in total. The molecule has 4 rings (SSSR count). The summed E-state index contributed by atoms with van der Waals surface area (Å²) >= 11 is 3.27. The molecule has 1 aliphatic rings. The Bertz CT molecular complexity index is 836. The molecule has 1 aliphatic heterocycles. The standard InChI is InChI=1S/C16H16N4OS2/c1-22-16-20-15-13(23-16)14(18-9-19-15)17-8-10-6-7-21-12-5-3-2-4-11(10)12/h2-5,9-10H,6-8H2,1H3,(H,17,18,19). The minimum Gasteiger partial charge on any atom is -0.493 e. The zero-order valence-electron chi connectivity index (χ0n) is 12.7. The van der Waals surface area contributed by atoms with Crippen LogP contribution in [0.15, 0.2) is 34.9 Å². The maximum absolute atomic E-state index is 5.73. The van der Waals surface area contributed by atoms with Crippen molar-refractivity contribution in [2.24, 2.45) is 0 Å². The predicted octanol–water partition coefficient (Wildman–Crippen LogP) is 3.79. The van der Waals surface area contributed by atoms with Crippen LogP contribution in [0.3, 0.4) is 0 Å². The van der Waals surface area contributed by atoms with Crippen LogP contribution in [0.2, 0.25) is 0 Å². The Morgan fingerprint density at radius 3 is 3.17 bits per heavy atom. The highest BCUT2D eigenvalue weighted by atomic mass is 32.2. The van der Waals surface area contributed by atoms with E-state index in [1.165, 1.54) is 5.56 Å². The van der Waals surface area contributed by atoms with Crippen LogP contribution in [-0.2, 0) is 0 Å². The molecule has 3 heterocycles. The minimum absolute atomic E-state index is 0.429. The minimum atomic E-state index is 0.429.